The summed E-state index contributed by atoms with van der Waals surface area (Å²) in [5.41, 5.74) is 7.63. The van der Waals surface area contributed by atoms with Crippen molar-refractivity contribution in [2.75, 3.05) is 5.73 Å². The van der Waals surface area contributed by atoms with Gasteiger partial charge < -0.3 is 5.73 Å². The molecule has 2 nitrogen and oxygen atoms in total. The van der Waals surface area contributed by atoms with Gasteiger partial charge in [0.15, 0.2) is 0 Å². The maximum Gasteiger partial charge on any atom is 0.119 e. The van der Waals surface area contributed by atoms with Crippen molar-refractivity contribution in [3.63, 3.8) is 0 Å². The molecule has 0 spiro atoms. The number of aryl methyl sites for hydroxylation is 1. The van der Waals surface area contributed by atoms with Gasteiger partial charge >= 0.3 is 0 Å². The SMILES string of the molecule is Cc1cc(Sc2ncccc2Cl)ccc1N. The molecule has 2 N–H and O–H groups in total. The first-order chi connectivity index (χ1) is 7.66. The van der Waals surface area contributed by atoms with Gasteiger partial charge in [-0.2, -0.15) is 0 Å². The van der Waals surface area contributed by atoms with Crippen molar-refractivity contribution in [3.05, 3.63) is 47.1 Å². The summed E-state index contributed by atoms with van der Waals surface area (Å²) in [4.78, 5) is 5.32. The van der Waals surface area contributed by atoms with Gasteiger partial charge in [-0.25, -0.2) is 4.98 Å². The van der Waals surface area contributed by atoms with Crippen LogP contribution in [0.5, 0.6) is 0 Å². The number of hydrogen-bond donors (Lipinski definition) is 1. The molecule has 82 valence electrons. The van der Waals surface area contributed by atoms with E-state index in [9.17, 15) is 0 Å². The fourth-order valence-corrected chi connectivity index (χ4v) is 2.38. The monoisotopic (exact) mass is 250 g/mol. The van der Waals surface area contributed by atoms with E-state index in [1.807, 2.05) is 37.3 Å². The van der Waals surface area contributed by atoms with Crippen LogP contribution in [0.15, 0.2) is 46.5 Å². The van der Waals surface area contributed by atoms with Crippen LogP contribution < -0.4 is 5.73 Å². The number of aromatic nitrogens is 1. The summed E-state index contributed by atoms with van der Waals surface area (Å²) >= 11 is 7.58. The highest BCUT2D eigenvalue weighted by Crippen LogP contribution is 2.32. The standard InChI is InChI=1S/C12H11ClN2S/c1-8-7-9(4-5-11(8)14)16-12-10(13)3-2-6-15-12/h2-7H,14H2,1H3. The first-order valence-electron chi connectivity index (χ1n) is 4.81. The van der Waals surface area contributed by atoms with Gasteiger partial charge in [-0.1, -0.05) is 23.4 Å². The van der Waals surface area contributed by atoms with Gasteiger partial charge in [0.05, 0.1) is 5.02 Å². The maximum atomic E-state index is 6.04. The molecule has 2 aromatic rings. The van der Waals surface area contributed by atoms with Crippen LogP contribution in [0.1, 0.15) is 5.56 Å². The van der Waals surface area contributed by atoms with Gasteiger partial charge in [0.2, 0.25) is 0 Å². The first kappa shape index (κ1) is 11.3. The molecule has 1 heterocycles. The third-order valence-electron chi connectivity index (χ3n) is 2.18. The molecular formula is C12H11ClN2S. The molecule has 0 fully saturated rings. The van der Waals surface area contributed by atoms with Crippen molar-refractivity contribution in [2.24, 2.45) is 0 Å². The van der Waals surface area contributed by atoms with Gasteiger partial charge in [0.25, 0.3) is 0 Å². The quantitative estimate of drug-likeness (QED) is 0.825. The molecule has 0 aliphatic carbocycles. The highest BCUT2D eigenvalue weighted by molar-refractivity contribution is 7.99. The Kier molecular flexibility index (Phi) is 3.36. The number of benzene rings is 1. The molecule has 0 saturated heterocycles. The summed E-state index contributed by atoms with van der Waals surface area (Å²) in [5, 5.41) is 1.48. The van der Waals surface area contributed by atoms with E-state index in [1.165, 1.54) is 11.8 Å². The normalized spacial score (nSPS) is 10.4. The zero-order chi connectivity index (χ0) is 11.5. The molecule has 0 atom stereocenters. The Balaban J connectivity index is 2.28. The molecule has 0 unspecified atom stereocenters. The van der Waals surface area contributed by atoms with E-state index in [-0.39, 0.29) is 0 Å². The van der Waals surface area contributed by atoms with Gasteiger partial charge in [-0.05, 0) is 42.8 Å². The predicted molar refractivity (Wildman–Crippen MR) is 69.0 cm³/mol. The molecule has 0 aliphatic heterocycles. The number of pyridine rings is 1. The number of rotatable bonds is 2. The third kappa shape index (κ3) is 2.49. The van der Waals surface area contributed by atoms with E-state index >= 15 is 0 Å². The van der Waals surface area contributed by atoms with Crippen LogP contribution in [0.3, 0.4) is 0 Å². The maximum absolute atomic E-state index is 6.04. The Hall–Kier alpha value is -1.19. The van der Waals surface area contributed by atoms with Crippen LogP contribution >= 0.6 is 23.4 Å². The summed E-state index contributed by atoms with van der Waals surface area (Å²) in [6.45, 7) is 1.99. The van der Waals surface area contributed by atoms with E-state index in [4.69, 9.17) is 17.3 Å². The minimum Gasteiger partial charge on any atom is -0.399 e. The fraction of sp³-hybridized carbons (Fsp3) is 0.0833. The van der Waals surface area contributed by atoms with Crippen molar-refractivity contribution >= 4 is 29.1 Å². The van der Waals surface area contributed by atoms with Crippen LogP contribution in [0.4, 0.5) is 5.69 Å². The van der Waals surface area contributed by atoms with Crippen molar-refractivity contribution in [3.8, 4) is 0 Å². The molecule has 0 bridgehead atoms. The number of nitrogen functional groups attached to an aromatic ring is 1. The van der Waals surface area contributed by atoms with Gasteiger partial charge in [-0.15, -0.1) is 0 Å². The lowest BCUT2D eigenvalue weighted by Gasteiger charge is -2.05. The number of nitrogens with two attached hydrogens (primary N) is 1. The van der Waals surface area contributed by atoms with E-state index in [2.05, 4.69) is 4.98 Å². The van der Waals surface area contributed by atoms with Crippen LogP contribution in [0.2, 0.25) is 5.02 Å². The third-order valence-corrected chi connectivity index (χ3v) is 3.61. The Morgan fingerprint density at radius 2 is 2.12 bits per heavy atom. The number of anilines is 1. The average Bonchev–Trinajstić information content (AvgIpc) is 2.27. The second-order valence-electron chi connectivity index (χ2n) is 3.41. The van der Waals surface area contributed by atoms with Crippen LogP contribution in [-0.2, 0) is 0 Å². The molecule has 0 amide bonds. The van der Waals surface area contributed by atoms with E-state index in [0.717, 1.165) is 21.2 Å². The lowest BCUT2D eigenvalue weighted by atomic mass is 10.2. The van der Waals surface area contributed by atoms with Gasteiger partial charge in [0.1, 0.15) is 5.03 Å². The van der Waals surface area contributed by atoms with Crippen molar-refractivity contribution in [2.45, 2.75) is 16.8 Å². The van der Waals surface area contributed by atoms with Crippen molar-refractivity contribution in [1.82, 2.24) is 4.98 Å². The van der Waals surface area contributed by atoms with E-state index in [0.29, 0.717) is 5.02 Å². The molecule has 0 saturated carbocycles. The molecule has 0 aliphatic rings. The topological polar surface area (TPSA) is 38.9 Å². The van der Waals surface area contributed by atoms with E-state index < -0.39 is 0 Å². The van der Waals surface area contributed by atoms with Crippen LogP contribution in [0.25, 0.3) is 0 Å². The summed E-state index contributed by atoms with van der Waals surface area (Å²) in [7, 11) is 0. The van der Waals surface area contributed by atoms with Crippen LogP contribution in [0, 0.1) is 6.92 Å². The van der Waals surface area contributed by atoms with Crippen molar-refractivity contribution < 1.29 is 0 Å². The molecule has 0 radical (unpaired) electrons. The van der Waals surface area contributed by atoms with E-state index in [1.54, 1.807) is 6.20 Å². The number of halogens is 1. The summed E-state index contributed by atoms with van der Waals surface area (Å²) < 4.78 is 0. The minimum absolute atomic E-state index is 0.668. The lowest BCUT2D eigenvalue weighted by molar-refractivity contribution is 1.13. The Morgan fingerprint density at radius 1 is 1.31 bits per heavy atom. The zero-order valence-electron chi connectivity index (χ0n) is 8.77. The summed E-state index contributed by atoms with van der Waals surface area (Å²) in [6, 6.07) is 9.55. The second-order valence-corrected chi connectivity index (χ2v) is 4.88. The largest absolute Gasteiger partial charge is 0.399 e. The second kappa shape index (κ2) is 4.76. The molecule has 16 heavy (non-hydrogen) atoms. The lowest BCUT2D eigenvalue weighted by Crippen LogP contribution is -1.89. The smallest absolute Gasteiger partial charge is 0.119 e. The Morgan fingerprint density at radius 3 is 2.81 bits per heavy atom. The minimum atomic E-state index is 0.668. The summed E-state index contributed by atoms with van der Waals surface area (Å²) in [6.07, 6.45) is 1.73. The Bertz CT molecular complexity index is 514. The summed E-state index contributed by atoms with van der Waals surface area (Å²) in [5.74, 6) is 0. The molecule has 4 heteroatoms. The predicted octanol–water partition coefficient (Wildman–Crippen LogP) is 3.78. The van der Waals surface area contributed by atoms with Crippen molar-refractivity contribution in [1.29, 1.82) is 0 Å². The molecule has 1 aromatic carbocycles. The number of hydrogen-bond acceptors (Lipinski definition) is 3. The molecule has 1 aromatic heterocycles. The first-order valence-corrected chi connectivity index (χ1v) is 6.01. The molecule has 2 rings (SSSR count). The highest BCUT2D eigenvalue weighted by Gasteiger charge is 2.04. The van der Waals surface area contributed by atoms with Crippen LogP contribution in [-0.4, -0.2) is 4.98 Å². The molecular weight excluding hydrogens is 240 g/mol. The highest BCUT2D eigenvalue weighted by atomic mass is 35.5. The van der Waals surface area contributed by atoms with Gasteiger partial charge in [0, 0.05) is 16.8 Å². The average molecular weight is 251 g/mol. The number of nitrogens with zero attached hydrogens (tertiary/aromatic N) is 1. The Labute approximate surface area is 104 Å². The fourth-order valence-electron chi connectivity index (χ4n) is 1.27. The van der Waals surface area contributed by atoms with Gasteiger partial charge in [-0.3, -0.25) is 0 Å². The zero-order valence-corrected chi connectivity index (χ0v) is 10.3.